The highest BCUT2D eigenvalue weighted by Gasteiger charge is 2.00. The van der Waals surface area contributed by atoms with Gasteiger partial charge in [-0.15, -0.1) is 35.3 Å². The Kier molecular flexibility index (Phi) is 13.6. The largest absolute Gasteiger partial charge is 0.382 e. The summed E-state index contributed by atoms with van der Waals surface area (Å²) in [4.78, 5) is 5.80. The SMILES string of the molecule is CCNC(=NCCCOCC)NCCc1ccc(Cl)s1.I. The maximum absolute atomic E-state index is 5.91. The molecule has 0 aliphatic carbocycles. The van der Waals surface area contributed by atoms with Crippen molar-refractivity contribution in [3.63, 3.8) is 0 Å². The molecule has 1 aromatic rings. The molecule has 0 aliphatic rings. The Morgan fingerprint density at radius 2 is 2.14 bits per heavy atom. The van der Waals surface area contributed by atoms with Gasteiger partial charge in [-0.2, -0.15) is 0 Å². The molecule has 2 N–H and O–H groups in total. The van der Waals surface area contributed by atoms with E-state index in [0.717, 1.165) is 56.0 Å². The molecule has 1 heterocycles. The molecule has 0 amide bonds. The van der Waals surface area contributed by atoms with Crippen LogP contribution in [0.3, 0.4) is 0 Å². The van der Waals surface area contributed by atoms with Crippen LogP contribution in [0.4, 0.5) is 0 Å². The van der Waals surface area contributed by atoms with E-state index in [-0.39, 0.29) is 24.0 Å². The van der Waals surface area contributed by atoms with Crippen LogP contribution in [0.2, 0.25) is 4.34 Å². The van der Waals surface area contributed by atoms with Crippen molar-refractivity contribution in [1.82, 2.24) is 10.6 Å². The number of nitrogens with one attached hydrogen (secondary N) is 2. The van der Waals surface area contributed by atoms with Gasteiger partial charge in [0.15, 0.2) is 5.96 Å². The van der Waals surface area contributed by atoms with Crippen LogP contribution >= 0.6 is 46.9 Å². The number of aliphatic imine (C=N–C) groups is 1. The Hall–Kier alpha value is -0.0500. The molecular formula is C14H25ClIN3OS. The summed E-state index contributed by atoms with van der Waals surface area (Å²) in [5, 5.41) is 6.57. The van der Waals surface area contributed by atoms with Gasteiger partial charge in [-0.05, 0) is 38.8 Å². The number of hydrogen-bond acceptors (Lipinski definition) is 3. The molecule has 1 rings (SSSR count). The van der Waals surface area contributed by atoms with Gasteiger partial charge in [-0.25, -0.2) is 0 Å². The van der Waals surface area contributed by atoms with Crippen molar-refractivity contribution in [2.75, 3.05) is 32.8 Å². The predicted octanol–water partition coefficient (Wildman–Crippen LogP) is 3.54. The summed E-state index contributed by atoms with van der Waals surface area (Å²) in [7, 11) is 0. The van der Waals surface area contributed by atoms with Crippen molar-refractivity contribution < 1.29 is 4.74 Å². The number of rotatable bonds is 9. The predicted molar refractivity (Wildman–Crippen MR) is 104 cm³/mol. The van der Waals surface area contributed by atoms with Crippen molar-refractivity contribution in [2.45, 2.75) is 26.7 Å². The Balaban J connectivity index is 0.00000400. The Morgan fingerprint density at radius 3 is 2.76 bits per heavy atom. The lowest BCUT2D eigenvalue weighted by Crippen LogP contribution is -2.38. The van der Waals surface area contributed by atoms with Gasteiger partial charge in [0.25, 0.3) is 0 Å². The molecule has 0 aliphatic heterocycles. The fourth-order valence-electron chi connectivity index (χ4n) is 1.63. The lowest BCUT2D eigenvalue weighted by Gasteiger charge is -2.10. The molecule has 0 fully saturated rings. The molecule has 122 valence electrons. The zero-order valence-corrected chi connectivity index (χ0v) is 16.6. The molecule has 1 aromatic heterocycles. The number of guanidine groups is 1. The van der Waals surface area contributed by atoms with Gasteiger partial charge in [0, 0.05) is 37.7 Å². The van der Waals surface area contributed by atoms with Crippen molar-refractivity contribution >= 4 is 52.9 Å². The molecule has 0 bridgehead atoms. The molecule has 0 saturated heterocycles. The average Bonchev–Trinajstić information content (AvgIpc) is 2.84. The molecule has 7 heteroatoms. The first-order valence-electron chi connectivity index (χ1n) is 7.10. The summed E-state index contributed by atoms with van der Waals surface area (Å²) in [6.07, 6.45) is 1.91. The first-order chi connectivity index (χ1) is 9.76. The van der Waals surface area contributed by atoms with E-state index in [9.17, 15) is 0 Å². The van der Waals surface area contributed by atoms with Crippen LogP contribution in [0.15, 0.2) is 17.1 Å². The molecule has 0 saturated carbocycles. The fourth-order valence-corrected chi connectivity index (χ4v) is 2.72. The van der Waals surface area contributed by atoms with Crippen molar-refractivity contribution in [1.29, 1.82) is 0 Å². The smallest absolute Gasteiger partial charge is 0.191 e. The Labute approximate surface area is 153 Å². The number of ether oxygens (including phenoxy) is 1. The summed E-state index contributed by atoms with van der Waals surface area (Å²) in [5.41, 5.74) is 0. The zero-order chi connectivity index (χ0) is 14.6. The fraction of sp³-hybridized carbons (Fsp3) is 0.643. The number of thiophene rings is 1. The average molecular weight is 446 g/mol. The van der Waals surface area contributed by atoms with Crippen LogP contribution < -0.4 is 10.6 Å². The summed E-state index contributed by atoms with van der Waals surface area (Å²) in [5.74, 6) is 0.867. The van der Waals surface area contributed by atoms with Crippen LogP contribution in [0.5, 0.6) is 0 Å². The van der Waals surface area contributed by atoms with E-state index in [1.807, 2.05) is 13.0 Å². The minimum absolute atomic E-state index is 0. The molecule has 4 nitrogen and oxygen atoms in total. The third-order valence-corrected chi connectivity index (χ3v) is 3.85. The summed E-state index contributed by atoms with van der Waals surface area (Å²) >= 11 is 7.54. The van der Waals surface area contributed by atoms with E-state index in [0.29, 0.717) is 0 Å². The normalized spacial score (nSPS) is 11.1. The van der Waals surface area contributed by atoms with Crippen LogP contribution in [0.25, 0.3) is 0 Å². The van der Waals surface area contributed by atoms with Crippen LogP contribution in [-0.4, -0.2) is 38.8 Å². The second-order valence-electron chi connectivity index (χ2n) is 4.19. The Bertz CT molecular complexity index is 401. The molecule has 0 atom stereocenters. The van der Waals surface area contributed by atoms with E-state index < -0.39 is 0 Å². The van der Waals surface area contributed by atoms with E-state index >= 15 is 0 Å². The van der Waals surface area contributed by atoms with E-state index in [1.54, 1.807) is 11.3 Å². The lowest BCUT2D eigenvalue weighted by molar-refractivity contribution is 0.146. The van der Waals surface area contributed by atoms with Crippen molar-refractivity contribution in [3.8, 4) is 0 Å². The van der Waals surface area contributed by atoms with Crippen molar-refractivity contribution in [3.05, 3.63) is 21.3 Å². The van der Waals surface area contributed by atoms with Crippen molar-refractivity contribution in [2.24, 2.45) is 4.99 Å². The first kappa shape index (κ1) is 20.9. The zero-order valence-electron chi connectivity index (χ0n) is 12.7. The summed E-state index contributed by atoms with van der Waals surface area (Å²) in [6.45, 7) is 8.11. The monoisotopic (exact) mass is 445 g/mol. The van der Waals surface area contributed by atoms with Gasteiger partial charge in [0.2, 0.25) is 0 Å². The van der Waals surface area contributed by atoms with Gasteiger partial charge in [0.05, 0.1) is 4.34 Å². The molecular weight excluding hydrogens is 421 g/mol. The molecule has 0 unspecified atom stereocenters. The van der Waals surface area contributed by atoms with Gasteiger partial charge in [0.1, 0.15) is 0 Å². The summed E-state index contributed by atoms with van der Waals surface area (Å²) < 4.78 is 6.14. The van der Waals surface area contributed by atoms with E-state index in [4.69, 9.17) is 16.3 Å². The molecule has 0 spiro atoms. The molecule has 0 radical (unpaired) electrons. The van der Waals surface area contributed by atoms with E-state index in [1.165, 1.54) is 4.88 Å². The van der Waals surface area contributed by atoms with Crippen LogP contribution in [0.1, 0.15) is 25.1 Å². The number of nitrogens with zero attached hydrogens (tertiary/aromatic N) is 1. The lowest BCUT2D eigenvalue weighted by atomic mass is 10.3. The highest BCUT2D eigenvalue weighted by atomic mass is 127. The van der Waals surface area contributed by atoms with Gasteiger partial charge < -0.3 is 15.4 Å². The molecule has 0 aromatic carbocycles. The van der Waals surface area contributed by atoms with Crippen LogP contribution in [-0.2, 0) is 11.2 Å². The summed E-state index contributed by atoms with van der Waals surface area (Å²) in [6, 6.07) is 4.01. The Morgan fingerprint density at radius 1 is 1.33 bits per heavy atom. The minimum Gasteiger partial charge on any atom is -0.382 e. The quantitative estimate of drug-likeness (QED) is 0.264. The third-order valence-electron chi connectivity index (χ3n) is 2.56. The standard InChI is InChI=1S/C14H24ClN3OS.HI/c1-3-16-14(17-9-5-11-19-4-2)18-10-8-12-6-7-13(15)20-12;/h6-7H,3-5,8-11H2,1-2H3,(H2,16,17,18);1H. The highest BCUT2D eigenvalue weighted by Crippen LogP contribution is 2.21. The van der Waals surface area contributed by atoms with Gasteiger partial charge >= 0.3 is 0 Å². The third kappa shape index (κ3) is 10.3. The highest BCUT2D eigenvalue weighted by molar-refractivity contribution is 14.0. The second-order valence-corrected chi connectivity index (χ2v) is 5.99. The minimum atomic E-state index is 0. The number of hydrogen-bond donors (Lipinski definition) is 2. The maximum atomic E-state index is 5.91. The van der Waals surface area contributed by atoms with E-state index in [2.05, 4.69) is 28.6 Å². The topological polar surface area (TPSA) is 45.7 Å². The van der Waals surface area contributed by atoms with Gasteiger partial charge in [-0.1, -0.05) is 11.6 Å². The first-order valence-corrected chi connectivity index (χ1v) is 8.29. The maximum Gasteiger partial charge on any atom is 0.191 e. The number of halogens is 2. The van der Waals surface area contributed by atoms with Gasteiger partial charge in [-0.3, -0.25) is 4.99 Å². The molecule has 21 heavy (non-hydrogen) atoms. The second kappa shape index (κ2) is 13.6. The van der Waals surface area contributed by atoms with Crippen LogP contribution in [0, 0.1) is 0 Å².